The molecule has 5 heteroatoms. The number of halogens is 2. The SMILES string of the molecule is O=C(O)c1ccc(N2CCC(C(I)c3ccccc3-c3ccc(Cl)cc3)CC2)cc1. The van der Waals surface area contributed by atoms with Gasteiger partial charge in [-0.1, -0.05) is 70.6 Å². The van der Waals surface area contributed by atoms with Crippen LogP contribution in [0.5, 0.6) is 0 Å². The van der Waals surface area contributed by atoms with Crippen LogP contribution >= 0.6 is 34.2 Å². The van der Waals surface area contributed by atoms with Crippen LogP contribution in [0.15, 0.2) is 72.8 Å². The van der Waals surface area contributed by atoms with E-state index in [1.54, 1.807) is 12.1 Å². The van der Waals surface area contributed by atoms with Crippen LogP contribution in [0, 0.1) is 5.92 Å². The summed E-state index contributed by atoms with van der Waals surface area (Å²) in [7, 11) is 0. The Bertz CT molecular complexity index is 1010. The van der Waals surface area contributed by atoms with Crippen LogP contribution in [0.1, 0.15) is 32.7 Å². The van der Waals surface area contributed by atoms with Crippen molar-refractivity contribution in [2.45, 2.75) is 16.8 Å². The fourth-order valence-corrected chi connectivity index (χ4v) is 5.54. The maximum Gasteiger partial charge on any atom is 0.335 e. The standard InChI is InChI=1S/C25H23ClINO2/c26-20-9-5-17(6-10-20)22-3-1-2-4-23(22)24(27)18-13-15-28(16-14-18)21-11-7-19(8-12-21)25(29)30/h1-12,18,24H,13-16H2,(H,29,30). The van der Waals surface area contributed by atoms with Gasteiger partial charge in [-0.05, 0) is 71.8 Å². The number of aromatic carboxylic acids is 1. The molecule has 0 spiro atoms. The van der Waals surface area contributed by atoms with Crippen molar-refractivity contribution < 1.29 is 9.90 Å². The summed E-state index contributed by atoms with van der Waals surface area (Å²) in [6.45, 7) is 1.97. The number of hydrogen-bond donors (Lipinski definition) is 1. The Morgan fingerprint density at radius 3 is 2.23 bits per heavy atom. The molecule has 1 heterocycles. The maximum atomic E-state index is 11.1. The van der Waals surface area contributed by atoms with Gasteiger partial charge < -0.3 is 10.0 Å². The van der Waals surface area contributed by atoms with Gasteiger partial charge in [0.1, 0.15) is 0 Å². The van der Waals surface area contributed by atoms with Gasteiger partial charge in [0.05, 0.1) is 5.56 Å². The van der Waals surface area contributed by atoms with E-state index in [-0.39, 0.29) is 0 Å². The highest BCUT2D eigenvalue weighted by Crippen LogP contribution is 2.42. The second kappa shape index (κ2) is 9.40. The van der Waals surface area contributed by atoms with E-state index >= 15 is 0 Å². The molecule has 0 radical (unpaired) electrons. The number of nitrogens with zero attached hydrogens (tertiary/aromatic N) is 1. The zero-order valence-corrected chi connectivity index (χ0v) is 19.4. The molecular formula is C25H23ClINO2. The summed E-state index contributed by atoms with van der Waals surface area (Å²) in [5.74, 6) is -0.277. The minimum atomic E-state index is -0.882. The van der Waals surface area contributed by atoms with Crippen molar-refractivity contribution >= 4 is 45.8 Å². The van der Waals surface area contributed by atoms with Crippen molar-refractivity contribution in [2.75, 3.05) is 18.0 Å². The van der Waals surface area contributed by atoms with Gasteiger partial charge in [-0.3, -0.25) is 0 Å². The van der Waals surface area contributed by atoms with Crippen LogP contribution in [0.3, 0.4) is 0 Å². The Morgan fingerprint density at radius 2 is 1.60 bits per heavy atom. The monoisotopic (exact) mass is 531 g/mol. The van der Waals surface area contributed by atoms with Gasteiger partial charge in [-0.25, -0.2) is 4.79 Å². The van der Waals surface area contributed by atoms with Crippen LogP contribution in [-0.2, 0) is 0 Å². The third kappa shape index (κ3) is 4.65. The molecule has 3 nitrogen and oxygen atoms in total. The van der Waals surface area contributed by atoms with Crippen LogP contribution < -0.4 is 4.90 Å². The second-order valence-electron chi connectivity index (χ2n) is 7.67. The predicted octanol–water partition coefficient (Wildman–Crippen LogP) is 7.10. The van der Waals surface area contributed by atoms with E-state index in [0.717, 1.165) is 36.6 Å². The first-order valence-corrected chi connectivity index (χ1v) is 11.7. The number of carboxylic acids is 1. The number of alkyl halides is 1. The Balaban J connectivity index is 1.46. The fourth-order valence-electron chi connectivity index (χ4n) is 4.15. The van der Waals surface area contributed by atoms with E-state index in [4.69, 9.17) is 16.7 Å². The highest BCUT2D eigenvalue weighted by Gasteiger charge is 2.27. The first-order chi connectivity index (χ1) is 14.5. The predicted molar refractivity (Wildman–Crippen MR) is 132 cm³/mol. The van der Waals surface area contributed by atoms with Gasteiger partial charge in [0.25, 0.3) is 0 Å². The lowest BCUT2D eigenvalue weighted by molar-refractivity contribution is 0.0697. The van der Waals surface area contributed by atoms with Gasteiger partial charge in [-0.2, -0.15) is 0 Å². The lowest BCUT2D eigenvalue weighted by Crippen LogP contribution is -2.34. The van der Waals surface area contributed by atoms with Gasteiger partial charge in [0.15, 0.2) is 0 Å². The number of piperidine rings is 1. The number of hydrogen-bond acceptors (Lipinski definition) is 2. The summed E-state index contributed by atoms with van der Waals surface area (Å²) >= 11 is 8.69. The highest BCUT2D eigenvalue weighted by atomic mass is 127. The van der Waals surface area contributed by atoms with E-state index < -0.39 is 5.97 Å². The Hall–Kier alpha value is -2.05. The van der Waals surface area contributed by atoms with E-state index in [1.165, 1.54) is 16.7 Å². The first-order valence-electron chi connectivity index (χ1n) is 10.1. The molecule has 1 atom stereocenters. The molecule has 1 aliphatic heterocycles. The molecule has 1 N–H and O–H groups in total. The zero-order chi connectivity index (χ0) is 21.1. The summed E-state index contributed by atoms with van der Waals surface area (Å²) in [6, 6.07) is 24.0. The highest BCUT2D eigenvalue weighted by molar-refractivity contribution is 14.1. The van der Waals surface area contributed by atoms with Gasteiger partial charge in [0, 0.05) is 27.7 Å². The molecule has 1 aliphatic rings. The zero-order valence-electron chi connectivity index (χ0n) is 16.5. The van der Waals surface area contributed by atoms with Crippen LogP contribution in [0.4, 0.5) is 5.69 Å². The first kappa shape index (κ1) is 21.2. The third-order valence-corrected chi connectivity index (χ3v) is 7.79. The minimum absolute atomic E-state index is 0.333. The largest absolute Gasteiger partial charge is 0.478 e. The lowest BCUT2D eigenvalue weighted by atomic mass is 9.86. The summed E-state index contributed by atoms with van der Waals surface area (Å²) < 4.78 is 0.436. The molecule has 3 aromatic carbocycles. The molecule has 0 aliphatic carbocycles. The average molecular weight is 532 g/mol. The van der Waals surface area contributed by atoms with Crippen LogP contribution in [0.2, 0.25) is 5.02 Å². The number of anilines is 1. The molecular weight excluding hydrogens is 509 g/mol. The topological polar surface area (TPSA) is 40.5 Å². The Kier molecular flexibility index (Phi) is 6.64. The normalized spacial score (nSPS) is 15.7. The van der Waals surface area contributed by atoms with Crippen molar-refractivity contribution in [3.63, 3.8) is 0 Å². The molecule has 1 saturated heterocycles. The van der Waals surface area contributed by atoms with Crippen molar-refractivity contribution in [2.24, 2.45) is 5.92 Å². The molecule has 0 aromatic heterocycles. The molecule has 4 rings (SSSR count). The van der Waals surface area contributed by atoms with Crippen molar-refractivity contribution in [1.82, 2.24) is 0 Å². The van der Waals surface area contributed by atoms with Gasteiger partial charge in [-0.15, -0.1) is 0 Å². The Labute approximate surface area is 195 Å². The summed E-state index contributed by atoms with van der Waals surface area (Å²) in [5, 5.41) is 9.84. The third-order valence-electron chi connectivity index (χ3n) is 5.85. The molecule has 1 fully saturated rings. The van der Waals surface area contributed by atoms with E-state index in [9.17, 15) is 4.79 Å². The molecule has 0 amide bonds. The van der Waals surface area contributed by atoms with Gasteiger partial charge in [0.2, 0.25) is 0 Å². The quantitative estimate of drug-likeness (QED) is 0.282. The number of rotatable bonds is 5. The van der Waals surface area contributed by atoms with Gasteiger partial charge >= 0.3 is 5.97 Å². The second-order valence-corrected chi connectivity index (χ2v) is 9.45. The molecule has 30 heavy (non-hydrogen) atoms. The Morgan fingerprint density at radius 1 is 0.967 bits per heavy atom. The average Bonchev–Trinajstić information content (AvgIpc) is 2.79. The maximum absolute atomic E-state index is 11.1. The molecule has 0 bridgehead atoms. The summed E-state index contributed by atoms with van der Waals surface area (Å²) in [4.78, 5) is 13.4. The van der Waals surface area contributed by atoms with Crippen molar-refractivity contribution in [3.8, 4) is 11.1 Å². The molecule has 154 valence electrons. The smallest absolute Gasteiger partial charge is 0.335 e. The van der Waals surface area contributed by atoms with Crippen molar-refractivity contribution in [3.05, 3.63) is 88.9 Å². The summed E-state index contributed by atoms with van der Waals surface area (Å²) in [6.07, 6.45) is 2.23. The molecule has 0 saturated carbocycles. The minimum Gasteiger partial charge on any atom is -0.478 e. The van der Waals surface area contributed by atoms with Crippen LogP contribution in [0.25, 0.3) is 11.1 Å². The number of carboxylic acid groups (broad SMARTS) is 1. The summed E-state index contributed by atoms with van der Waals surface area (Å²) in [5.41, 5.74) is 5.29. The van der Waals surface area contributed by atoms with E-state index in [1.807, 2.05) is 24.3 Å². The van der Waals surface area contributed by atoms with Crippen molar-refractivity contribution in [1.29, 1.82) is 0 Å². The number of carbonyl (C=O) groups is 1. The number of benzene rings is 3. The molecule has 3 aromatic rings. The van der Waals surface area contributed by atoms with Crippen LogP contribution in [-0.4, -0.2) is 24.2 Å². The fraction of sp³-hybridized carbons (Fsp3) is 0.240. The van der Waals surface area contributed by atoms with E-state index in [0.29, 0.717) is 15.4 Å². The van der Waals surface area contributed by atoms with E-state index in [2.05, 4.69) is 63.9 Å². The lowest BCUT2D eigenvalue weighted by Gasteiger charge is -2.36. The molecule has 1 unspecified atom stereocenters.